The van der Waals surface area contributed by atoms with E-state index in [0.29, 0.717) is 30.0 Å². The van der Waals surface area contributed by atoms with E-state index in [1.807, 2.05) is 0 Å². The van der Waals surface area contributed by atoms with E-state index in [9.17, 15) is 22.4 Å². The maximum atomic E-state index is 13.9. The lowest BCUT2D eigenvalue weighted by Crippen LogP contribution is -2.42. The molecule has 1 aromatic carbocycles. The maximum absolute atomic E-state index is 13.9. The second kappa shape index (κ2) is 12.7. The molecule has 4 aromatic rings. The topological polar surface area (TPSA) is 116 Å². The summed E-state index contributed by atoms with van der Waals surface area (Å²) in [5.41, 5.74) is 0.266. The second-order valence-corrected chi connectivity index (χ2v) is 9.53. The van der Waals surface area contributed by atoms with E-state index in [2.05, 4.69) is 25.7 Å². The molecule has 43 heavy (non-hydrogen) atoms. The standard InChI is InChI=1S/C28H27F4N7O4/c1-17-25(36-27(40)35-21-16-38(12-13-41-2)43-24(21)18-8-10-34-23(29)14-18)39(19-6-4-3-5-7-19)37-26(17)42-20-9-11-33-22(15-20)28(30,31)32/h3-11,14-15,21,24H,12-13,16H2,1-2H3,(H2,35,36,40)/t21-,24+/m1/s1. The van der Waals surface area contributed by atoms with Gasteiger partial charge in [0.2, 0.25) is 11.8 Å². The highest BCUT2D eigenvalue weighted by atomic mass is 19.4. The summed E-state index contributed by atoms with van der Waals surface area (Å²) >= 11 is 0. The molecule has 226 valence electrons. The molecule has 0 saturated carbocycles. The summed E-state index contributed by atoms with van der Waals surface area (Å²) in [6.07, 6.45) is -3.08. The van der Waals surface area contributed by atoms with Crippen molar-refractivity contribution in [3.05, 3.63) is 89.8 Å². The predicted molar refractivity (Wildman–Crippen MR) is 145 cm³/mol. The summed E-state index contributed by atoms with van der Waals surface area (Å²) in [7, 11) is 1.55. The van der Waals surface area contributed by atoms with Crippen LogP contribution >= 0.6 is 0 Å². The molecule has 2 atom stereocenters. The molecule has 1 aliphatic heterocycles. The SMILES string of the molecule is COCCN1C[C@@H](NC(=O)Nc2c(C)c(Oc3ccnc(C(F)(F)F)c3)nn2-c2ccccc2)[C@H](c2ccnc(F)c2)O1. The fraction of sp³-hybridized carbons (Fsp3) is 0.286. The van der Waals surface area contributed by atoms with Crippen LogP contribution in [0.3, 0.4) is 0 Å². The molecule has 1 saturated heterocycles. The molecule has 0 spiro atoms. The number of hydrogen-bond acceptors (Lipinski definition) is 8. The summed E-state index contributed by atoms with van der Waals surface area (Å²) in [5.74, 6) is -0.638. The third kappa shape index (κ3) is 7.07. The minimum atomic E-state index is -4.66. The highest BCUT2D eigenvalue weighted by Crippen LogP contribution is 2.35. The number of pyridine rings is 2. The highest BCUT2D eigenvalue weighted by Gasteiger charge is 2.37. The lowest BCUT2D eigenvalue weighted by Gasteiger charge is -2.19. The van der Waals surface area contributed by atoms with Crippen molar-refractivity contribution in [2.75, 3.05) is 32.1 Å². The van der Waals surface area contributed by atoms with Crippen LogP contribution in [-0.4, -0.2) is 63.7 Å². The number of benzene rings is 1. The zero-order valence-electron chi connectivity index (χ0n) is 23.0. The molecule has 4 heterocycles. The molecule has 1 fully saturated rings. The van der Waals surface area contributed by atoms with Crippen LogP contribution in [0.25, 0.3) is 5.69 Å². The van der Waals surface area contributed by atoms with Crippen LogP contribution in [0.5, 0.6) is 11.6 Å². The van der Waals surface area contributed by atoms with Crippen molar-refractivity contribution in [3.63, 3.8) is 0 Å². The molecule has 2 amide bonds. The van der Waals surface area contributed by atoms with Gasteiger partial charge in [-0.3, -0.25) is 15.1 Å². The Morgan fingerprint density at radius 3 is 2.60 bits per heavy atom. The van der Waals surface area contributed by atoms with Crippen LogP contribution < -0.4 is 15.4 Å². The van der Waals surface area contributed by atoms with Crippen molar-refractivity contribution >= 4 is 11.8 Å². The number of hydrogen-bond donors (Lipinski definition) is 2. The molecule has 2 N–H and O–H groups in total. The molecule has 15 heteroatoms. The summed E-state index contributed by atoms with van der Waals surface area (Å²) in [5, 5.41) is 11.7. The number of amides is 2. The number of nitrogens with one attached hydrogen (secondary N) is 2. The minimum absolute atomic E-state index is 0.0291. The van der Waals surface area contributed by atoms with Crippen LogP contribution in [0.2, 0.25) is 0 Å². The Hall–Kier alpha value is -4.60. The minimum Gasteiger partial charge on any atom is -0.437 e. The van der Waals surface area contributed by atoms with E-state index in [0.717, 1.165) is 12.3 Å². The number of para-hydroxylation sites is 1. The Labute approximate surface area is 243 Å². The fourth-order valence-corrected chi connectivity index (χ4v) is 4.47. The van der Waals surface area contributed by atoms with E-state index in [1.165, 1.54) is 23.0 Å². The van der Waals surface area contributed by atoms with E-state index in [1.54, 1.807) is 55.5 Å². The van der Waals surface area contributed by atoms with Gasteiger partial charge in [-0.1, -0.05) is 18.2 Å². The van der Waals surface area contributed by atoms with Crippen LogP contribution in [0.15, 0.2) is 67.0 Å². The van der Waals surface area contributed by atoms with Crippen molar-refractivity contribution in [2.24, 2.45) is 0 Å². The molecule has 1 aliphatic rings. The lowest BCUT2D eigenvalue weighted by atomic mass is 10.0. The third-order valence-electron chi connectivity index (χ3n) is 6.52. The number of halogens is 4. The number of aromatic nitrogens is 4. The largest absolute Gasteiger partial charge is 0.437 e. The molecule has 0 bridgehead atoms. The van der Waals surface area contributed by atoms with Gasteiger partial charge < -0.3 is 14.8 Å². The fourth-order valence-electron chi connectivity index (χ4n) is 4.47. The van der Waals surface area contributed by atoms with Gasteiger partial charge >= 0.3 is 12.2 Å². The van der Waals surface area contributed by atoms with Crippen molar-refractivity contribution in [1.29, 1.82) is 0 Å². The average Bonchev–Trinajstić information content (AvgIpc) is 3.52. The number of hydroxylamine groups is 2. The van der Waals surface area contributed by atoms with Crippen molar-refractivity contribution in [2.45, 2.75) is 25.2 Å². The zero-order chi connectivity index (χ0) is 30.6. The molecular formula is C28H27F4N7O4. The quantitative estimate of drug-likeness (QED) is 0.203. The summed E-state index contributed by atoms with van der Waals surface area (Å²) < 4.78 is 65.7. The molecule has 0 aliphatic carbocycles. The first-order valence-corrected chi connectivity index (χ1v) is 13.1. The summed E-state index contributed by atoms with van der Waals surface area (Å²) in [4.78, 5) is 26.3. The molecule has 3 aromatic heterocycles. The molecule has 11 nitrogen and oxygen atoms in total. The van der Waals surface area contributed by atoms with Crippen molar-refractivity contribution < 1.29 is 36.7 Å². The summed E-state index contributed by atoms with van der Waals surface area (Å²) in [6, 6.07) is 12.4. The Bertz CT molecular complexity index is 1570. The Balaban J connectivity index is 1.40. The average molecular weight is 602 g/mol. The zero-order valence-corrected chi connectivity index (χ0v) is 23.0. The molecule has 0 unspecified atom stereocenters. The number of methoxy groups -OCH3 is 1. The number of carbonyl (C=O) groups excluding carboxylic acids is 1. The van der Waals surface area contributed by atoms with E-state index < -0.39 is 36.0 Å². The van der Waals surface area contributed by atoms with Gasteiger partial charge in [0.1, 0.15) is 23.4 Å². The lowest BCUT2D eigenvalue weighted by molar-refractivity contribution is -0.154. The number of rotatable bonds is 9. The van der Waals surface area contributed by atoms with Gasteiger partial charge in [-0.25, -0.2) is 14.5 Å². The van der Waals surface area contributed by atoms with Gasteiger partial charge in [-0.2, -0.15) is 22.6 Å². The number of nitrogens with zero attached hydrogens (tertiary/aromatic N) is 5. The van der Waals surface area contributed by atoms with Crippen LogP contribution in [0.1, 0.15) is 22.9 Å². The van der Waals surface area contributed by atoms with Crippen LogP contribution in [-0.2, 0) is 15.8 Å². The number of carbonyl (C=O) groups is 1. The first-order chi connectivity index (χ1) is 20.6. The Kier molecular flexibility index (Phi) is 8.84. The van der Waals surface area contributed by atoms with Gasteiger partial charge in [0.15, 0.2) is 0 Å². The van der Waals surface area contributed by atoms with Crippen molar-refractivity contribution in [1.82, 2.24) is 30.1 Å². The highest BCUT2D eigenvalue weighted by molar-refractivity contribution is 5.90. The van der Waals surface area contributed by atoms with Gasteiger partial charge in [0.25, 0.3) is 0 Å². The molecule has 0 radical (unpaired) electrons. The van der Waals surface area contributed by atoms with Gasteiger partial charge in [-0.05, 0) is 42.8 Å². The number of alkyl halides is 3. The van der Waals surface area contributed by atoms with Gasteiger partial charge in [0.05, 0.1) is 23.9 Å². The van der Waals surface area contributed by atoms with Crippen LogP contribution in [0.4, 0.5) is 28.2 Å². The molecule has 5 rings (SSSR count). The normalized spacial score (nSPS) is 17.2. The monoisotopic (exact) mass is 601 g/mol. The first kappa shape index (κ1) is 29.9. The van der Waals surface area contributed by atoms with E-state index >= 15 is 0 Å². The van der Waals surface area contributed by atoms with Crippen LogP contribution in [0, 0.1) is 12.9 Å². The smallest absolute Gasteiger partial charge is 0.433 e. The summed E-state index contributed by atoms with van der Waals surface area (Å²) in [6.45, 7) is 2.67. The van der Waals surface area contributed by atoms with Gasteiger partial charge in [-0.15, -0.1) is 5.10 Å². The third-order valence-corrected chi connectivity index (χ3v) is 6.52. The number of anilines is 1. The Morgan fingerprint density at radius 2 is 1.88 bits per heavy atom. The first-order valence-electron chi connectivity index (χ1n) is 13.1. The Morgan fingerprint density at radius 1 is 1.12 bits per heavy atom. The number of ether oxygens (including phenoxy) is 2. The molecular weight excluding hydrogens is 574 g/mol. The maximum Gasteiger partial charge on any atom is 0.433 e. The van der Waals surface area contributed by atoms with E-state index in [-0.39, 0.29) is 24.0 Å². The second-order valence-electron chi connectivity index (χ2n) is 9.53. The van der Waals surface area contributed by atoms with Crippen molar-refractivity contribution in [3.8, 4) is 17.3 Å². The number of urea groups is 1. The van der Waals surface area contributed by atoms with Gasteiger partial charge in [0, 0.05) is 38.7 Å². The van der Waals surface area contributed by atoms with E-state index in [4.69, 9.17) is 14.3 Å². The predicted octanol–water partition coefficient (Wildman–Crippen LogP) is 5.05.